The van der Waals surface area contributed by atoms with Gasteiger partial charge in [0.25, 0.3) is 0 Å². The van der Waals surface area contributed by atoms with Crippen molar-refractivity contribution in [1.29, 1.82) is 0 Å². The maximum Gasteiger partial charge on any atom is 0.0622 e. The van der Waals surface area contributed by atoms with Crippen molar-refractivity contribution in [3.63, 3.8) is 0 Å². The highest BCUT2D eigenvalue weighted by Crippen LogP contribution is 2.68. The third-order valence-electron chi connectivity index (χ3n) is 9.26. The first kappa shape index (κ1) is 18.0. The van der Waals surface area contributed by atoms with Gasteiger partial charge in [-0.15, -0.1) is 0 Å². The van der Waals surface area contributed by atoms with Crippen molar-refractivity contribution in [2.24, 2.45) is 34.5 Å². The molecule has 4 saturated carbocycles. The van der Waals surface area contributed by atoms with Gasteiger partial charge in [0.15, 0.2) is 0 Å². The normalized spacial score (nSPS) is 54.0. The van der Waals surface area contributed by atoms with E-state index in [1.807, 2.05) is 7.11 Å². The lowest BCUT2D eigenvalue weighted by molar-refractivity contribution is -0.169. The minimum Gasteiger partial charge on any atom is -0.390 e. The number of ether oxygens (including phenoxy) is 1. The first-order valence-corrected chi connectivity index (χ1v) is 10.7. The van der Waals surface area contributed by atoms with Gasteiger partial charge in [0, 0.05) is 7.11 Å². The maximum absolute atomic E-state index is 10.7. The Morgan fingerprint density at radius 3 is 2.60 bits per heavy atom. The van der Waals surface area contributed by atoms with E-state index >= 15 is 0 Å². The van der Waals surface area contributed by atoms with Gasteiger partial charge in [-0.1, -0.05) is 18.6 Å². The molecule has 0 radical (unpaired) electrons. The highest BCUT2D eigenvalue weighted by molar-refractivity contribution is 5.24. The van der Waals surface area contributed by atoms with E-state index in [2.05, 4.69) is 26.8 Å². The predicted molar refractivity (Wildman–Crippen MR) is 102 cm³/mol. The molecule has 0 aromatic heterocycles. The van der Waals surface area contributed by atoms with Gasteiger partial charge in [0.2, 0.25) is 0 Å². The summed E-state index contributed by atoms with van der Waals surface area (Å²) in [6.07, 6.45) is 13.7. The number of hydrogen-bond acceptors (Lipinski definition) is 2. The largest absolute Gasteiger partial charge is 0.390 e. The van der Waals surface area contributed by atoms with E-state index in [0.717, 1.165) is 37.2 Å². The molecule has 0 aromatic rings. The van der Waals surface area contributed by atoms with Crippen LogP contribution in [0.4, 0.5) is 0 Å². The van der Waals surface area contributed by atoms with Crippen molar-refractivity contribution in [2.45, 2.75) is 84.2 Å². The molecule has 142 valence electrons. The van der Waals surface area contributed by atoms with Crippen molar-refractivity contribution < 1.29 is 9.84 Å². The average molecular weight is 347 g/mol. The molecule has 0 bridgehead atoms. The fourth-order valence-electron chi connectivity index (χ4n) is 8.11. The van der Waals surface area contributed by atoms with Gasteiger partial charge in [-0.3, -0.25) is 0 Å². The molecule has 4 aliphatic carbocycles. The molecule has 1 N–H and O–H groups in total. The van der Waals surface area contributed by atoms with Crippen molar-refractivity contribution in [2.75, 3.05) is 13.7 Å². The number of fused-ring (bicyclic) bond motifs is 5. The van der Waals surface area contributed by atoms with Crippen LogP contribution in [0.1, 0.15) is 78.6 Å². The summed E-state index contributed by atoms with van der Waals surface area (Å²) < 4.78 is 5.84. The lowest BCUT2D eigenvalue weighted by Gasteiger charge is -2.62. The second kappa shape index (κ2) is 6.09. The Balaban J connectivity index is 1.66. The minimum absolute atomic E-state index is 0.333. The van der Waals surface area contributed by atoms with Crippen LogP contribution in [0.5, 0.6) is 0 Å². The Labute approximate surface area is 154 Å². The smallest absolute Gasteiger partial charge is 0.0622 e. The Morgan fingerprint density at radius 1 is 1.08 bits per heavy atom. The zero-order valence-corrected chi connectivity index (χ0v) is 16.8. The van der Waals surface area contributed by atoms with Crippen LogP contribution >= 0.6 is 0 Å². The topological polar surface area (TPSA) is 29.5 Å². The molecule has 0 amide bonds. The van der Waals surface area contributed by atoms with Gasteiger partial charge in [-0.05, 0) is 106 Å². The van der Waals surface area contributed by atoms with Gasteiger partial charge in [-0.2, -0.15) is 0 Å². The number of aliphatic hydroxyl groups is 1. The maximum atomic E-state index is 10.7. The predicted octanol–water partition coefficient (Wildman–Crippen LogP) is 5.35. The van der Waals surface area contributed by atoms with Gasteiger partial charge in [0.1, 0.15) is 0 Å². The molecule has 25 heavy (non-hydrogen) atoms. The standard InChI is InChI=1S/C23H38O2/c1-5-16-7-9-19-18-8-6-17-14-21(2,24)12-13-23(17,15-25-4)20(18)10-11-22(16,19)3/h5,17-20,24H,6-15H2,1-4H3/t17-,18+,19+,20+,21-,22-,23-/m1/s1. The highest BCUT2D eigenvalue weighted by atomic mass is 16.5. The minimum atomic E-state index is -0.455. The average Bonchev–Trinajstić information content (AvgIpc) is 2.91. The van der Waals surface area contributed by atoms with Crippen molar-refractivity contribution >= 4 is 0 Å². The second-order valence-electron chi connectivity index (χ2n) is 10.3. The molecule has 2 nitrogen and oxygen atoms in total. The Hall–Kier alpha value is -0.340. The van der Waals surface area contributed by atoms with Crippen molar-refractivity contribution in [3.8, 4) is 0 Å². The summed E-state index contributed by atoms with van der Waals surface area (Å²) in [5.74, 6) is 3.24. The van der Waals surface area contributed by atoms with E-state index < -0.39 is 5.60 Å². The number of allylic oxidation sites excluding steroid dienone is 2. The molecule has 0 aliphatic heterocycles. The van der Waals surface area contributed by atoms with E-state index in [-0.39, 0.29) is 0 Å². The van der Waals surface area contributed by atoms with Gasteiger partial charge >= 0.3 is 0 Å². The van der Waals surface area contributed by atoms with E-state index in [1.165, 1.54) is 44.9 Å². The van der Waals surface area contributed by atoms with Crippen molar-refractivity contribution in [3.05, 3.63) is 11.6 Å². The molecular weight excluding hydrogens is 308 g/mol. The van der Waals surface area contributed by atoms with E-state index in [9.17, 15) is 5.11 Å². The summed E-state index contributed by atoms with van der Waals surface area (Å²) >= 11 is 0. The summed E-state index contributed by atoms with van der Waals surface area (Å²) in [4.78, 5) is 0. The summed E-state index contributed by atoms with van der Waals surface area (Å²) in [5.41, 5.74) is 2.09. The van der Waals surface area contributed by atoms with E-state index in [1.54, 1.807) is 5.57 Å². The number of rotatable bonds is 2. The van der Waals surface area contributed by atoms with Gasteiger partial charge in [-0.25, -0.2) is 0 Å². The third kappa shape index (κ3) is 2.57. The van der Waals surface area contributed by atoms with Crippen LogP contribution in [0.3, 0.4) is 0 Å². The zero-order valence-electron chi connectivity index (χ0n) is 16.8. The van der Waals surface area contributed by atoms with Crippen LogP contribution in [0.15, 0.2) is 11.6 Å². The molecule has 4 rings (SSSR count). The van der Waals surface area contributed by atoms with Crippen LogP contribution in [0, 0.1) is 34.5 Å². The first-order valence-electron chi connectivity index (χ1n) is 10.7. The highest BCUT2D eigenvalue weighted by Gasteiger charge is 2.61. The molecule has 7 atom stereocenters. The Bertz CT molecular complexity index is 550. The third-order valence-corrected chi connectivity index (χ3v) is 9.26. The van der Waals surface area contributed by atoms with Crippen LogP contribution in [-0.4, -0.2) is 24.4 Å². The molecule has 0 heterocycles. The molecule has 0 saturated heterocycles. The molecule has 0 unspecified atom stereocenters. The molecule has 0 aromatic carbocycles. The van der Waals surface area contributed by atoms with E-state index in [0.29, 0.717) is 16.7 Å². The van der Waals surface area contributed by atoms with Crippen molar-refractivity contribution in [1.82, 2.24) is 0 Å². The van der Waals surface area contributed by atoms with Crippen LogP contribution in [0.2, 0.25) is 0 Å². The molecule has 4 fully saturated rings. The summed E-state index contributed by atoms with van der Waals surface area (Å²) in [6, 6.07) is 0. The molecule has 0 spiro atoms. The Kier molecular flexibility index (Phi) is 4.40. The SMILES string of the molecule is CC=C1CC[C@H]2[C@@H]3CC[C@@H]4C[C@](C)(O)CC[C@]4(COC)[C@H]3CC[C@]12C. The summed E-state index contributed by atoms with van der Waals surface area (Å²) in [6.45, 7) is 7.79. The molecule has 4 aliphatic rings. The zero-order chi connectivity index (χ0) is 17.9. The number of methoxy groups -OCH3 is 1. The second-order valence-corrected chi connectivity index (χ2v) is 10.3. The van der Waals surface area contributed by atoms with Gasteiger partial charge < -0.3 is 9.84 Å². The first-order chi connectivity index (χ1) is 11.9. The summed E-state index contributed by atoms with van der Waals surface area (Å²) in [5, 5.41) is 10.7. The number of hydrogen-bond donors (Lipinski definition) is 1. The van der Waals surface area contributed by atoms with Crippen LogP contribution < -0.4 is 0 Å². The van der Waals surface area contributed by atoms with Crippen LogP contribution in [-0.2, 0) is 4.74 Å². The lowest BCUT2D eigenvalue weighted by Crippen LogP contribution is -2.58. The quantitative estimate of drug-likeness (QED) is 0.683. The lowest BCUT2D eigenvalue weighted by atomic mass is 9.44. The fourth-order valence-corrected chi connectivity index (χ4v) is 8.11. The van der Waals surface area contributed by atoms with Crippen LogP contribution in [0.25, 0.3) is 0 Å². The van der Waals surface area contributed by atoms with E-state index in [4.69, 9.17) is 4.74 Å². The Morgan fingerprint density at radius 2 is 1.88 bits per heavy atom. The monoisotopic (exact) mass is 346 g/mol. The fraction of sp³-hybridized carbons (Fsp3) is 0.913. The summed E-state index contributed by atoms with van der Waals surface area (Å²) in [7, 11) is 1.89. The molecular formula is C23H38O2. The molecule has 2 heteroatoms. The van der Waals surface area contributed by atoms with Gasteiger partial charge in [0.05, 0.1) is 12.2 Å².